The van der Waals surface area contributed by atoms with Crippen LogP contribution in [0.3, 0.4) is 0 Å². The predicted molar refractivity (Wildman–Crippen MR) is 91.2 cm³/mol. The maximum Gasteiger partial charge on any atom is 0.163 e. The molecule has 2 N–H and O–H groups in total. The van der Waals surface area contributed by atoms with Crippen molar-refractivity contribution in [2.75, 3.05) is 26.5 Å². The summed E-state index contributed by atoms with van der Waals surface area (Å²) in [7, 11) is 0. The summed E-state index contributed by atoms with van der Waals surface area (Å²) >= 11 is 0. The molecule has 130 valence electrons. The van der Waals surface area contributed by atoms with Gasteiger partial charge in [-0.15, -0.1) is 0 Å². The number of hydrogen-bond donors (Lipinski definition) is 2. The fourth-order valence-electron chi connectivity index (χ4n) is 2.07. The van der Waals surface area contributed by atoms with Gasteiger partial charge in [0.1, 0.15) is 18.5 Å². The molecule has 0 spiro atoms. The zero-order chi connectivity index (χ0) is 17.2. The Hall–Kier alpha value is -1.43. The van der Waals surface area contributed by atoms with E-state index < -0.39 is 6.10 Å². The van der Waals surface area contributed by atoms with Gasteiger partial charge in [-0.3, -0.25) is 10.1 Å². The number of nitrogens with one attached hydrogen (secondary N) is 1. The average Bonchev–Trinajstić information content (AvgIpc) is 2.52. The van der Waals surface area contributed by atoms with Crippen molar-refractivity contribution in [2.24, 2.45) is 0 Å². The minimum atomic E-state index is -0.662. The normalized spacial score (nSPS) is 12.4. The Morgan fingerprint density at radius 3 is 2.70 bits per heavy atom. The number of carbonyl (C=O) groups excluding carboxylic acids is 1. The van der Waals surface area contributed by atoms with Crippen molar-refractivity contribution in [2.45, 2.75) is 46.1 Å². The van der Waals surface area contributed by atoms with Crippen LogP contribution in [0, 0.1) is 0 Å². The van der Waals surface area contributed by atoms with Crippen LogP contribution in [0.4, 0.5) is 0 Å². The highest BCUT2D eigenvalue weighted by atomic mass is 16.5. The molecule has 0 saturated heterocycles. The van der Waals surface area contributed by atoms with Gasteiger partial charge in [0.2, 0.25) is 0 Å². The zero-order valence-electron chi connectivity index (χ0n) is 14.6. The summed E-state index contributed by atoms with van der Waals surface area (Å²) in [6.45, 7) is 9.34. The first-order valence-electron chi connectivity index (χ1n) is 8.19. The highest BCUT2D eigenvalue weighted by molar-refractivity contribution is 5.97. The van der Waals surface area contributed by atoms with Crippen LogP contribution < -0.4 is 10.1 Å². The number of hydrogen-bond acceptors (Lipinski definition) is 5. The zero-order valence-corrected chi connectivity index (χ0v) is 14.6. The molecule has 0 aliphatic carbocycles. The monoisotopic (exact) mass is 323 g/mol. The van der Waals surface area contributed by atoms with Crippen LogP contribution in [0.1, 0.15) is 56.0 Å². The van der Waals surface area contributed by atoms with Gasteiger partial charge in [-0.25, -0.2) is 0 Å². The molecule has 0 aliphatic rings. The summed E-state index contributed by atoms with van der Waals surface area (Å²) in [5, 5.41) is 12.9. The molecule has 0 amide bonds. The number of aliphatic hydroxyl groups is 1. The fraction of sp³-hybridized carbons (Fsp3) is 0.611. The van der Waals surface area contributed by atoms with Crippen LogP contribution in [0.25, 0.3) is 0 Å². The van der Waals surface area contributed by atoms with E-state index in [9.17, 15) is 9.90 Å². The Morgan fingerprint density at radius 2 is 2.09 bits per heavy atom. The van der Waals surface area contributed by atoms with Gasteiger partial charge in [-0.2, -0.15) is 0 Å². The van der Waals surface area contributed by atoms with Crippen molar-refractivity contribution in [1.29, 1.82) is 0 Å². The molecule has 1 aromatic rings. The van der Waals surface area contributed by atoms with E-state index in [0.29, 0.717) is 37.1 Å². The van der Waals surface area contributed by atoms with Crippen molar-refractivity contribution in [1.82, 2.24) is 5.32 Å². The highest BCUT2D eigenvalue weighted by Crippen LogP contribution is 2.25. The molecule has 0 aliphatic heterocycles. The van der Waals surface area contributed by atoms with E-state index in [2.05, 4.69) is 19.2 Å². The van der Waals surface area contributed by atoms with Crippen molar-refractivity contribution in [3.05, 3.63) is 29.3 Å². The van der Waals surface area contributed by atoms with Gasteiger partial charge in [0.05, 0.1) is 12.3 Å². The highest BCUT2D eigenvalue weighted by Gasteiger charge is 2.13. The van der Waals surface area contributed by atoms with Crippen LogP contribution in [0.5, 0.6) is 5.75 Å². The third-order valence-electron chi connectivity index (χ3n) is 3.41. The number of rotatable bonds is 11. The molecule has 0 heterocycles. The van der Waals surface area contributed by atoms with Crippen LogP contribution in [0.2, 0.25) is 0 Å². The van der Waals surface area contributed by atoms with Crippen LogP contribution in [-0.4, -0.2) is 43.5 Å². The van der Waals surface area contributed by atoms with E-state index >= 15 is 0 Å². The number of benzene rings is 1. The Balaban J connectivity index is 2.51. The summed E-state index contributed by atoms with van der Waals surface area (Å²) in [6, 6.07) is 5.62. The largest absolute Gasteiger partial charge is 0.490 e. The average molecular weight is 323 g/mol. The quantitative estimate of drug-likeness (QED) is 0.372. The maximum atomic E-state index is 11.8. The third kappa shape index (κ3) is 7.12. The predicted octanol–water partition coefficient (Wildman–Crippen LogP) is 2.73. The van der Waals surface area contributed by atoms with Gasteiger partial charge in [0, 0.05) is 13.2 Å². The Bertz CT molecular complexity index is 488. The molecule has 23 heavy (non-hydrogen) atoms. The molecule has 0 saturated carbocycles. The van der Waals surface area contributed by atoms with Gasteiger partial charge >= 0.3 is 0 Å². The van der Waals surface area contributed by atoms with Crippen molar-refractivity contribution < 1.29 is 19.4 Å². The SMILES string of the molecule is CCCOCNCC(O)COc1ccc(C(C)C)cc1C(C)=O. The minimum Gasteiger partial charge on any atom is -0.490 e. The third-order valence-corrected chi connectivity index (χ3v) is 3.41. The minimum absolute atomic E-state index is 0.0388. The first-order chi connectivity index (χ1) is 11.0. The molecule has 1 atom stereocenters. The number of ether oxygens (including phenoxy) is 2. The van der Waals surface area contributed by atoms with Gasteiger partial charge < -0.3 is 14.6 Å². The summed E-state index contributed by atoms with van der Waals surface area (Å²) in [4.78, 5) is 11.8. The van der Waals surface area contributed by atoms with E-state index in [-0.39, 0.29) is 12.4 Å². The standard InChI is InChI=1S/C18H29NO4/c1-5-8-22-12-19-10-16(21)11-23-18-7-6-15(13(2)3)9-17(18)14(4)20/h6-7,9,13,16,19,21H,5,8,10-12H2,1-4H3. The number of carbonyl (C=O) groups is 1. The summed E-state index contributed by atoms with van der Waals surface area (Å²) < 4.78 is 10.9. The second-order valence-corrected chi connectivity index (χ2v) is 5.94. The maximum absolute atomic E-state index is 11.8. The van der Waals surface area contributed by atoms with E-state index in [1.54, 1.807) is 6.07 Å². The molecule has 1 unspecified atom stereocenters. The lowest BCUT2D eigenvalue weighted by Gasteiger charge is -2.16. The molecule has 0 aromatic heterocycles. The summed E-state index contributed by atoms with van der Waals surface area (Å²) in [5.41, 5.74) is 1.65. The lowest BCUT2D eigenvalue weighted by Crippen LogP contribution is -2.33. The van der Waals surface area contributed by atoms with E-state index in [4.69, 9.17) is 9.47 Å². The summed E-state index contributed by atoms with van der Waals surface area (Å²) in [6.07, 6.45) is 0.304. The molecule has 5 nitrogen and oxygen atoms in total. The molecular weight excluding hydrogens is 294 g/mol. The summed E-state index contributed by atoms with van der Waals surface area (Å²) in [5.74, 6) is 0.825. The molecule has 1 rings (SSSR count). The molecule has 1 aromatic carbocycles. The van der Waals surface area contributed by atoms with Gasteiger partial charge in [0.25, 0.3) is 0 Å². The molecule has 0 radical (unpaired) electrons. The van der Waals surface area contributed by atoms with E-state index in [1.807, 2.05) is 19.1 Å². The number of ketones is 1. The van der Waals surface area contributed by atoms with E-state index in [1.165, 1.54) is 6.92 Å². The fourth-order valence-corrected chi connectivity index (χ4v) is 2.07. The van der Waals surface area contributed by atoms with Crippen molar-refractivity contribution in [3.63, 3.8) is 0 Å². The Labute approximate surface area is 139 Å². The molecule has 0 bridgehead atoms. The Morgan fingerprint density at radius 1 is 1.35 bits per heavy atom. The van der Waals surface area contributed by atoms with Crippen molar-refractivity contribution >= 4 is 5.78 Å². The van der Waals surface area contributed by atoms with Crippen molar-refractivity contribution in [3.8, 4) is 5.75 Å². The van der Waals surface area contributed by atoms with E-state index in [0.717, 1.165) is 12.0 Å². The van der Waals surface area contributed by atoms with Gasteiger partial charge in [-0.1, -0.05) is 26.8 Å². The van der Waals surface area contributed by atoms with Crippen LogP contribution in [0.15, 0.2) is 18.2 Å². The number of Topliss-reactive ketones (excluding diaryl/α,β-unsaturated/α-hetero) is 1. The van der Waals surface area contributed by atoms with Crippen LogP contribution >= 0.6 is 0 Å². The number of aliphatic hydroxyl groups excluding tert-OH is 1. The second-order valence-electron chi connectivity index (χ2n) is 5.94. The topological polar surface area (TPSA) is 67.8 Å². The smallest absolute Gasteiger partial charge is 0.163 e. The molecule has 5 heteroatoms. The lowest BCUT2D eigenvalue weighted by molar-refractivity contribution is 0.0760. The molecular formula is C18H29NO4. The molecule has 0 fully saturated rings. The van der Waals surface area contributed by atoms with Crippen LogP contribution in [-0.2, 0) is 4.74 Å². The Kier molecular flexibility index (Phi) is 8.84. The first-order valence-corrected chi connectivity index (χ1v) is 8.19. The lowest BCUT2D eigenvalue weighted by atomic mass is 9.99. The van der Waals surface area contributed by atoms with Gasteiger partial charge in [0.15, 0.2) is 5.78 Å². The first kappa shape index (κ1) is 19.6. The van der Waals surface area contributed by atoms with Gasteiger partial charge in [-0.05, 0) is 37.0 Å². The second kappa shape index (κ2) is 10.4.